The predicted molar refractivity (Wildman–Crippen MR) is 140 cm³/mol. The molecule has 164 valence electrons. The number of hydrogen-bond acceptors (Lipinski definition) is 0. The van der Waals surface area contributed by atoms with E-state index in [4.69, 9.17) is 0 Å². The van der Waals surface area contributed by atoms with E-state index in [1.54, 1.807) is 0 Å². The predicted octanol–water partition coefficient (Wildman–Crippen LogP) is 8.76. The van der Waals surface area contributed by atoms with Crippen LogP contribution < -0.4 is 0 Å². The summed E-state index contributed by atoms with van der Waals surface area (Å²) in [6.45, 7) is 6.52. The Labute approximate surface area is 215 Å². The average Bonchev–Trinajstić information content (AvgIpc) is 3.53. The Morgan fingerprint density at radius 1 is 0.719 bits per heavy atom. The minimum atomic E-state index is 0. The standard InChI is InChI=1S/C20H21P.2C5H5.Zr/c1-20(2,3)16-21-15-14-19(17-10-6-4-7-11-17)18-12-8-5-9-13-18;2*1-2-4-5-3-1;/h4-15H,1-3H3;2*1-5H;/q-2;2*-1;. The van der Waals surface area contributed by atoms with E-state index in [-0.39, 0.29) is 31.6 Å². The summed E-state index contributed by atoms with van der Waals surface area (Å²) < 4.78 is 0. The van der Waals surface area contributed by atoms with Crippen LogP contribution in [-0.2, 0) is 26.2 Å². The molecule has 0 radical (unpaired) electrons. The van der Waals surface area contributed by atoms with Crippen molar-refractivity contribution < 1.29 is 26.2 Å². The summed E-state index contributed by atoms with van der Waals surface area (Å²) >= 11 is 0. The molecule has 0 aromatic heterocycles. The SMILES string of the molecule is CC(C)(C)[C-]=P[CH-]C=C(c1ccccc1)c1ccccc1.[Zr].c1cc[cH-]c1.c1cc[cH-]c1. The van der Waals surface area contributed by atoms with E-state index in [0.717, 1.165) is 8.20 Å². The summed E-state index contributed by atoms with van der Waals surface area (Å²) in [6, 6.07) is 41.0. The topological polar surface area (TPSA) is 0 Å². The van der Waals surface area contributed by atoms with Gasteiger partial charge < -0.3 is 14.0 Å². The van der Waals surface area contributed by atoms with Crippen molar-refractivity contribution in [2.45, 2.75) is 20.8 Å². The van der Waals surface area contributed by atoms with Gasteiger partial charge in [0, 0.05) is 26.2 Å². The first-order valence-electron chi connectivity index (χ1n) is 10.5. The number of allylic oxidation sites excluding steroid dienone is 1. The van der Waals surface area contributed by atoms with Crippen molar-refractivity contribution in [3.63, 3.8) is 0 Å². The fourth-order valence-electron chi connectivity index (χ4n) is 2.58. The first-order valence-corrected chi connectivity index (χ1v) is 11.5. The van der Waals surface area contributed by atoms with Crippen molar-refractivity contribution in [3.8, 4) is 0 Å². The minimum Gasteiger partial charge on any atom is -0.477 e. The first-order chi connectivity index (χ1) is 15.1. The Balaban J connectivity index is 0.000000379. The van der Waals surface area contributed by atoms with E-state index in [0.29, 0.717) is 0 Å². The fraction of sp³-hybridized carbons (Fsp3) is 0.133. The third-order valence-corrected chi connectivity index (χ3v) is 5.09. The van der Waals surface area contributed by atoms with E-state index >= 15 is 0 Å². The van der Waals surface area contributed by atoms with Crippen LogP contribution in [0.15, 0.2) is 127 Å². The molecule has 0 atom stereocenters. The van der Waals surface area contributed by atoms with Gasteiger partial charge in [-0.05, 0) is 0 Å². The number of benzene rings is 2. The Morgan fingerprint density at radius 2 is 1.12 bits per heavy atom. The van der Waals surface area contributed by atoms with Gasteiger partial charge in [-0.3, -0.25) is 0 Å². The van der Waals surface area contributed by atoms with Crippen molar-refractivity contribution in [3.05, 3.63) is 145 Å². The summed E-state index contributed by atoms with van der Waals surface area (Å²) in [5.41, 5.74) is 3.86. The number of hydrogen-bond donors (Lipinski definition) is 0. The zero-order chi connectivity index (χ0) is 22.2. The van der Waals surface area contributed by atoms with E-state index in [1.165, 1.54) is 16.7 Å². The summed E-state index contributed by atoms with van der Waals surface area (Å²) in [7, 11) is 1.12. The molecule has 32 heavy (non-hydrogen) atoms. The largest absolute Gasteiger partial charge is 0.477 e. The minimum absolute atomic E-state index is 0. The van der Waals surface area contributed by atoms with Gasteiger partial charge in [0.05, 0.1) is 0 Å². The Morgan fingerprint density at radius 3 is 1.44 bits per heavy atom. The van der Waals surface area contributed by atoms with Crippen LogP contribution in [0.4, 0.5) is 0 Å². The maximum atomic E-state index is 3.45. The van der Waals surface area contributed by atoms with Gasteiger partial charge in [0.1, 0.15) is 0 Å². The molecule has 0 aliphatic carbocycles. The average molecular weight is 514 g/mol. The molecule has 4 aromatic carbocycles. The quantitative estimate of drug-likeness (QED) is 0.189. The number of rotatable bonds is 4. The van der Waals surface area contributed by atoms with E-state index < -0.39 is 0 Å². The summed E-state index contributed by atoms with van der Waals surface area (Å²) in [5, 5.41) is 0. The van der Waals surface area contributed by atoms with E-state index in [2.05, 4.69) is 99.5 Å². The Kier molecular flexibility index (Phi) is 14.3. The zero-order valence-corrected chi connectivity index (χ0v) is 22.5. The van der Waals surface area contributed by atoms with Gasteiger partial charge in [-0.2, -0.15) is 47.4 Å². The molecule has 0 unspecified atom stereocenters. The van der Waals surface area contributed by atoms with Crippen molar-refractivity contribution in [2.75, 3.05) is 0 Å². The molecule has 4 aromatic rings. The van der Waals surface area contributed by atoms with Crippen molar-refractivity contribution in [1.82, 2.24) is 0 Å². The van der Waals surface area contributed by atoms with Crippen molar-refractivity contribution in [2.24, 2.45) is 5.41 Å². The second-order valence-electron chi connectivity index (χ2n) is 7.88. The Bertz CT molecular complexity index is 856. The van der Waals surface area contributed by atoms with Gasteiger partial charge in [0.15, 0.2) is 0 Å². The summed E-state index contributed by atoms with van der Waals surface area (Å²) in [5.74, 6) is 3.45. The fourth-order valence-corrected chi connectivity index (χ4v) is 3.26. The van der Waals surface area contributed by atoms with Crippen LogP contribution in [-0.4, -0.2) is 5.80 Å². The molecule has 0 nitrogen and oxygen atoms in total. The van der Waals surface area contributed by atoms with E-state index in [1.807, 2.05) is 60.7 Å². The maximum absolute atomic E-state index is 3.45. The molecule has 0 bridgehead atoms. The molecule has 0 heterocycles. The third kappa shape index (κ3) is 12.6. The zero-order valence-electron chi connectivity index (χ0n) is 19.1. The molecule has 0 fully saturated rings. The third-order valence-electron chi connectivity index (χ3n) is 4.00. The molecule has 4 rings (SSSR count). The van der Waals surface area contributed by atoms with Crippen LogP contribution in [0, 0.1) is 11.6 Å². The molecule has 0 N–H and O–H groups in total. The van der Waals surface area contributed by atoms with Crippen molar-refractivity contribution in [1.29, 1.82) is 0 Å². The van der Waals surface area contributed by atoms with Crippen LogP contribution in [0.25, 0.3) is 5.57 Å². The molecule has 0 spiro atoms. The van der Waals surface area contributed by atoms with Gasteiger partial charge in [-0.1, -0.05) is 92.6 Å². The van der Waals surface area contributed by atoms with Gasteiger partial charge in [0.25, 0.3) is 0 Å². The molecule has 0 saturated carbocycles. The molecule has 2 heteroatoms. The summed E-state index contributed by atoms with van der Waals surface area (Å²) in [6.07, 6.45) is 4.37. The van der Waals surface area contributed by atoms with Gasteiger partial charge in [0.2, 0.25) is 0 Å². The smallest absolute Gasteiger partial charge is 0 e. The van der Waals surface area contributed by atoms with Crippen LogP contribution in [0.5, 0.6) is 0 Å². The van der Waals surface area contributed by atoms with Crippen LogP contribution in [0.1, 0.15) is 31.9 Å². The van der Waals surface area contributed by atoms with Gasteiger partial charge in [-0.25, -0.2) is 36.5 Å². The molecule has 0 saturated heterocycles. The van der Waals surface area contributed by atoms with Crippen molar-refractivity contribution >= 4 is 19.6 Å². The second-order valence-corrected chi connectivity index (χ2v) is 8.66. The van der Waals surface area contributed by atoms with Crippen LogP contribution in [0.3, 0.4) is 0 Å². The Hall–Kier alpha value is -2.20. The normalized spacial score (nSPS) is 9.97. The first kappa shape index (κ1) is 27.8. The maximum Gasteiger partial charge on any atom is 0 e. The molecule has 0 aliphatic rings. The van der Waals surface area contributed by atoms with Crippen LogP contribution >= 0.6 is 8.20 Å². The van der Waals surface area contributed by atoms with Gasteiger partial charge in [-0.15, -0.1) is 0 Å². The molecule has 0 amide bonds. The second kappa shape index (κ2) is 16.4. The van der Waals surface area contributed by atoms with Crippen LogP contribution in [0.2, 0.25) is 0 Å². The van der Waals surface area contributed by atoms with E-state index in [9.17, 15) is 0 Å². The molecular formula is C30H31PZr-4. The van der Waals surface area contributed by atoms with Gasteiger partial charge >= 0.3 is 0 Å². The monoisotopic (exact) mass is 512 g/mol. The molecule has 0 aliphatic heterocycles. The molecular weight excluding hydrogens is 483 g/mol. The summed E-state index contributed by atoms with van der Waals surface area (Å²) in [4.78, 5) is 0.